The molecule has 2 rings (SSSR count). The highest BCUT2D eigenvalue weighted by Gasteiger charge is 2.02. The van der Waals surface area contributed by atoms with Gasteiger partial charge >= 0.3 is 0 Å². The van der Waals surface area contributed by atoms with Gasteiger partial charge in [0.1, 0.15) is 0 Å². The Morgan fingerprint density at radius 3 is 2.38 bits per heavy atom. The van der Waals surface area contributed by atoms with Gasteiger partial charge in [0.2, 0.25) is 5.91 Å². The number of nitrogens with one attached hydrogen (secondary N) is 1. The minimum Gasteiger partial charge on any atom is -0.289 e. The van der Waals surface area contributed by atoms with Gasteiger partial charge in [0, 0.05) is 11.9 Å². The smallest absolute Gasteiger partial charge is 0.247 e. The molecule has 0 bridgehead atoms. The summed E-state index contributed by atoms with van der Waals surface area (Å²) in [4.78, 5) is 15.4. The quantitative estimate of drug-likeness (QED) is 0.467. The number of unbranched alkanes of at least 4 members (excludes halogenated alkanes) is 1. The molecule has 1 aromatic heterocycles. The Morgan fingerprint density at radius 1 is 1.00 bits per heavy atom. The number of nitrogens with zero attached hydrogens (tertiary/aromatic N) is 1. The van der Waals surface area contributed by atoms with Crippen LogP contribution in [0.2, 0.25) is 0 Å². The molecule has 110 valence electrons. The fourth-order valence-electron chi connectivity index (χ4n) is 2.23. The van der Waals surface area contributed by atoms with Gasteiger partial charge in [-0.3, -0.25) is 15.0 Å². The van der Waals surface area contributed by atoms with Crippen molar-refractivity contribution in [1.29, 1.82) is 0 Å². The highest BCUT2D eigenvalue weighted by Crippen LogP contribution is 2.10. The summed E-state index contributed by atoms with van der Waals surface area (Å²) in [7, 11) is 0. The van der Waals surface area contributed by atoms with Crippen LogP contribution in [0.15, 0.2) is 48.7 Å². The number of hydrogen-bond acceptors (Lipinski definition) is 3. The second kappa shape index (κ2) is 8.17. The van der Waals surface area contributed by atoms with Gasteiger partial charge < -0.3 is 0 Å². The van der Waals surface area contributed by atoms with Crippen LogP contribution in [0, 0.1) is 0 Å². The lowest BCUT2D eigenvalue weighted by Gasteiger charge is -2.04. The summed E-state index contributed by atoms with van der Waals surface area (Å²) in [5, 5.41) is 8.48. The summed E-state index contributed by atoms with van der Waals surface area (Å²) < 4.78 is 0. The van der Waals surface area contributed by atoms with E-state index in [1.54, 1.807) is 5.48 Å². The number of hydrogen-bond donors (Lipinski definition) is 2. The zero-order valence-corrected chi connectivity index (χ0v) is 12.0. The molecular formula is C17H20N2O2. The van der Waals surface area contributed by atoms with E-state index in [2.05, 4.69) is 11.1 Å². The van der Waals surface area contributed by atoms with Crippen molar-refractivity contribution in [3.05, 3.63) is 65.5 Å². The van der Waals surface area contributed by atoms with E-state index >= 15 is 0 Å². The van der Waals surface area contributed by atoms with Crippen molar-refractivity contribution in [2.45, 2.75) is 32.1 Å². The summed E-state index contributed by atoms with van der Waals surface area (Å²) in [6.07, 6.45) is 6.31. The molecule has 0 aliphatic heterocycles. The lowest BCUT2D eigenvalue weighted by molar-refractivity contribution is -0.128. The van der Waals surface area contributed by atoms with E-state index in [-0.39, 0.29) is 6.42 Å². The number of hydroxylamine groups is 1. The third-order valence-corrected chi connectivity index (χ3v) is 3.39. The Bertz CT molecular complexity index is 553. The van der Waals surface area contributed by atoms with Gasteiger partial charge in [0.05, 0.1) is 6.42 Å². The Balaban J connectivity index is 1.72. The lowest BCUT2D eigenvalue weighted by atomic mass is 10.0. The molecule has 4 heteroatoms. The third-order valence-electron chi connectivity index (χ3n) is 3.39. The summed E-state index contributed by atoms with van der Waals surface area (Å²) in [6, 6.07) is 14.0. The second-order valence-electron chi connectivity index (χ2n) is 5.06. The molecule has 0 atom stereocenters. The van der Waals surface area contributed by atoms with Crippen molar-refractivity contribution in [2.75, 3.05) is 0 Å². The van der Waals surface area contributed by atoms with Gasteiger partial charge in [-0.05, 0) is 48.9 Å². The largest absolute Gasteiger partial charge is 0.289 e. The first kappa shape index (κ1) is 15.2. The van der Waals surface area contributed by atoms with E-state index in [1.807, 2.05) is 42.6 Å². The molecule has 21 heavy (non-hydrogen) atoms. The number of benzene rings is 1. The Hall–Kier alpha value is -2.20. The maximum Gasteiger partial charge on any atom is 0.247 e. The first-order chi connectivity index (χ1) is 10.3. The topological polar surface area (TPSA) is 62.2 Å². The van der Waals surface area contributed by atoms with Crippen molar-refractivity contribution < 1.29 is 10.0 Å². The number of carbonyl (C=O) groups is 1. The molecular weight excluding hydrogens is 264 g/mol. The molecule has 0 radical (unpaired) electrons. The average molecular weight is 284 g/mol. The first-order valence-corrected chi connectivity index (χ1v) is 7.18. The van der Waals surface area contributed by atoms with Crippen molar-refractivity contribution in [2.24, 2.45) is 0 Å². The number of pyridine rings is 1. The fraction of sp³-hybridized carbons (Fsp3) is 0.294. The van der Waals surface area contributed by atoms with Crippen molar-refractivity contribution >= 4 is 5.91 Å². The molecule has 0 fully saturated rings. The number of carbonyl (C=O) groups excluding carboxylic acids is 1. The minimum absolute atomic E-state index is 0.205. The van der Waals surface area contributed by atoms with Crippen molar-refractivity contribution in [3.63, 3.8) is 0 Å². The average Bonchev–Trinajstić information content (AvgIpc) is 2.54. The third kappa shape index (κ3) is 5.36. The Morgan fingerprint density at radius 2 is 1.71 bits per heavy atom. The number of aromatic nitrogens is 1. The van der Waals surface area contributed by atoms with Crippen LogP contribution in [-0.4, -0.2) is 16.1 Å². The maximum absolute atomic E-state index is 11.0. The SMILES string of the molecule is O=C(Cc1ccc(CCCCc2ccccn2)cc1)NO. The van der Waals surface area contributed by atoms with Crippen LogP contribution in [0.4, 0.5) is 0 Å². The Kier molecular flexibility index (Phi) is 5.91. The number of aryl methyl sites for hydroxylation is 2. The molecule has 0 spiro atoms. The van der Waals surface area contributed by atoms with Crippen LogP contribution in [0.25, 0.3) is 0 Å². The van der Waals surface area contributed by atoms with Gasteiger partial charge in [-0.2, -0.15) is 0 Å². The van der Waals surface area contributed by atoms with E-state index in [0.29, 0.717) is 0 Å². The number of amides is 1. The predicted molar refractivity (Wildman–Crippen MR) is 81.0 cm³/mol. The lowest BCUT2D eigenvalue weighted by Crippen LogP contribution is -2.20. The highest BCUT2D eigenvalue weighted by molar-refractivity contribution is 5.77. The summed E-state index contributed by atoms with van der Waals surface area (Å²) in [5.41, 5.74) is 4.95. The van der Waals surface area contributed by atoms with Crippen LogP contribution < -0.4 is 5.48 Å². The molecule has 0 saturated carbocycles. The van der Waals surface area contributed by atoms with Gasteiger partial charge in [0.15, 0.2) is 0 Å². The van der Waals surface area contributed by atoms with Gasteiger partial charge in [-0.15, -0.1) is 0 Å². The Labute approximate surface area is 124 Å². The molecule has 0 saturated heterocycles. The molecule has 0 aliphatic carbocycles. The van der Waals surface area contributed by atoms with Gasteiger partial charge in [0.25, 0.3) is 0 Å². The van der Waals surface area contributed by atoms with Crippen molar-refractivity contribution in [1.82, 2.24) is 10.5 Å². The van der Waals surface area contributed by atoms with Crippen LogP contribution in [0.5, 0.6) is 0 Å². The maximum atomic E-state index is 11.0. The summed E-state index contributed by atoms with van der Waals surface area (Å²) in [5.74, 6) is -0.391. The van der Waals surface area contributed by atoms with Crippen LogP contribution in [0.3, 0.4) is 0 Å². The normalized spacial score (nSPS) is 10.3. The minimum atomic E-state index is -0.391. The summed E-state index contributed by atoms with van der Waals surface area (Å²) >= 11 is 0. The molecule has 1 heterocycles. The zero-order chi connectivity index (χ0) is 14.9. The van der Waals surface area contributed by atoms with Gasteiger partial charge in [-0.25, -0.2) is 5.48 Å². The van der Waals surface area contributed by atoms with E-state index in [0.717, 1.165) is 36.9 Å². The molecule has 1 aromatic carbocycles. The number of rotatable bonds is 7. The molecule has 2 aromatic rings. The summed E-state index contributed by atoms with van der Waals surface area (Å²) in [6.45, 7) is 0. The van der Waals surface area contributed by atoms with Gasteiger partial charge in [-0.1, -0.05) is 30.3 Å². The zero-order valence-electron chi connectivity index (χ0n) is 12.0. The van der Waals surface area contributed by atoms with E-state index in [4.69, 9.17) is 5.21 Å². The van der Waals surface area contributed by atoms with Crippen LogP contribution >= 0.6 is 0 Å². The van der Waals surface area contributed by atoms with E-state index in [9.17, 15) is 4.79 Å². The highest BCUT2D eigenvalue weighted by atomic mass is 16.5. The molecule has 1 amide bonds. The van der Waals surface area contributed by atoms with E-state index in [1.165, 1.54) is 5.56 Å². The molecule has 4 nitrogen and oxygen atoms in total. The molecule has 0 aliphatic rings. The van der Waals surface area contributed by atoms with E-state index < -0.39 is 5.91 Å². The predicted octanol–water partition coefficient (Wildman–Crippen LogP) is 2.69. The van der Waals surface area contributed by atoms with Crippen LogP contribution in [0.1, 0.15) is 29.7 Å². The monoisotopic (exact) mass is 284 g/mol. The van der Waals surface area contributed by atoms with Crippen LogP contribution in [-0.2, 0) is 24.1 Å². The molecule has 0 unspecified atom stereocenters. The standard InChI is InChI=1S/C17H20N2O2/c20-17(19-21)13-15-10-8-14(9-11-15)5-1-2-6-16-7-3-4-12-18-16/h3-4,7-12,21H,1-2,5-6,13H2,(H,19,20). The van der Waals surface area contributed by atoms with Crippen molar-refractivity contribution in [3.8, 4) is 0 Å². The molecule has 2 N–H and O–H groups in total. The fourth-order valence-corrected chi connectivity index (χ4v) is 2.23. The second-order valence-corrected chi connectivity index (χ2v) is 5.06. The first-order valence-electron chi connectivity index (χ1n) is 7.18.